The number of methoxy groups -OCH3 is 1. The zero-order valence-electron chi connectivity index (χ0n) is 7.58. The van der Waals surface area contributed by atoms with Gasteiger partial charge in [-0.2, -0.15) is 4.98 Å². The molecule has 0 N–H and O–H groups in total. The summed E-state index contributed by atoms with van der Waals surface area (Å²) in [5.74, 6) is 0. The molecule has 1 aromatic rings. The van der Waals surface area contributed by atoms with Crippen molar-refractivity contribution in [3.05, 3.63) is 16.4 Å². The molecule has 4 nitrogen and oxygen atoms in total. The standard InChI is InChI=1S/C8H11BrN2O2/c1-6-7(9)5-10-8(11-6)13-4-3-12-2/h5H,3-4H2,1-2H3. The van der Waals surface area contributed by atoms with E-state index in [0.29, 0.717) is 19.2 Å². The van der Waals surface area contributed by atoms with Crippen LogP contribution in [0.2, 0.25) is 0 Å². The van der Waals surface area contributed by atoms with Gasteiger partial charge in [-0.1, -0.05) is 0 Å². The minimum atomic E-state index is 0.387. The maximum Gasteiger partial charge on any atom is 0.316 e. The van der Waals surface area contributed by atoms with Crippen LogP contribution in [0, 0.1) is 6.92 Å². The van der Waals surface area contributed by atoms with Crippen molar-refractivity contribution in [1.82, 2.24) is 9.97 Å². The lowest BCUT2D eigenvalue weighted by Crippen LogP contribution is -2.07. The number of rotatable bonds is 4. The van der Waals surface area contributed by atoms with Crippen molar-refractivity contribution < 1.29 is 9.47 Å². The highest BCUT2D eigenvalue weighted by Crippen LogP contribution is 2.14. The minimum absolute atomic E-state index is 0.387. The van der Waals surface area contributed by atoms with Crippen molar-refractivity contribution in [3.63, 3.8) is 0 Å². The van der Waals surface area contributed by atoms with E-state index >= 15 is 0 Å². The van der Waals surface area contributed by atoms with Crippen molar-refractivity contribution in [2.45, 2.75) is 6.92 Å². The quantitative estimate of drug-likeness (QED) is 0.757. The fourth-order valence-corrected chi connectivity index (χ4v) is 0.908. The van der Waals surface area contributed by atoms with Gasteiger partial charge >= 0.3 is 6.01 Å². The summed E-state index contributed by atoms with van der Waals surface area (Å²) in [5, 5.41) is 0. The molecule has 0 aromatic carbocycles. The molecule has 1 heterocycles. The maximum atomic E-state index is 5.21. The van der Waals surface area contributed by atoms with Crippen LogP contribution in [-0.2, 0) is 4.74 Å². The molecule has 5 heteroatoms. The molecular formula is C8H11BrN2O2. The van der Waals surface area contributed by atoms with Gasteiger partial charge < -0.3 is 9.47 Å². The number of aromatic nitrogens is 2. The molecule has 0 atom stereocenters. The van der Waals surface area contributed by atoms with Crippen molar-refractivity contribution >= 4 is 15.9 Å². The first-order valence-electron chi connectivity index (χ1n) is 3.85. The SMILES string of the molecule is COCCOc1ncc(Br)c(C)n1. The van der Waals surface area contributed by atoms with Crippen LogP contribution in [0.3, 0.4) is 0 Å². The van der Waals surface area contributed by atoms with E-state index < -0.39 is 0 Å². The lowest BCUT2D eigenvalue weighted by Gasteiger charge is -2.04. The first-order valence-corrected chi connectivity index (χ1v) is 4.64. The normalized spacial score (nSPS) is 10.1. The van der Waals surface area contributed by atoms with Gasteiger partial charge in [0.25, 0.3) is 0 Å². The summed E-state index contributed by atoms with van der Waals surface area (Å²) in [7, 11) is 1.62. The smallest absolute Gasteiger partial charge is 0.316 e. The molecule has 1 rings (SSSR count). The number of ether oxygens (including phenoxy) is 2. The monoisotopic (exact) mass is 246 g/mol. The first-order chi connectivity index (χ1) is 6.24. The number of aryl methyl sites for hydroxylation is 1. The Kier molecular flexibility index (Phi) is 4.11. The van der Waals surface area contributed by atoms with Crippen molar-refractivity contribution in [2.24, 2.45) is 0 Å². The van der Waals surface area contributed by atoms with Gasteiger partial charge in [0, 0.05) is 13.3 Å². The van der Waals surface area contributed by atoms with Crippen LogP contribution < -0.4 is 4.74 Å². The molecular weight excluding hydrogens is 236 g/mol. The Morgan fingerprint density at radius 1 is 1.46 bits per heavy atom. The van der Waals surface area contributed by atoms with Gasteiger partial charge in [0.15, 0.2) is 0 Å². The van der Waals surface area contributed by atoms with Crippen molar-refractivity contribution in [2.75, 3.05) is 20.3 Å². The van der Waals surface area contributed by atoms with E-state index in [9.17, 15) is 0 Å². The van der Waals surface area contributed by atoms with Gasteiger partial charge in [-0.15, -0.1) is 0 Å². The molecule has 0 radical (unpaired) electrons. The molecule has 0 amide bonds. The van der Waals surface area contributed by atoms with Crippen LogP contribution in [0.1, 0.15) is 5.69 Å². The second kappa shape index (κ2) is 5.14. The molecule has 72 valence electrons. The average molecular weight is 247 g/mol. The fourth-order valence-electron chi connectivity index (χ4n) is 0.717. The molecule has 0 aliphatic heterocycles. The van der Waals surface area contributed by atoms with E-state index in [1.807, 2.05) is 6.92 Å². The third kappa shape index (κ3) is 3.28. The maximum absolute atomic E-state index is 5.21. The second-order valence-corrected chi connectivity index (χ2v) is 3.28. The highest BCUT2D eigenvalue weighted by molar-refractivity contribution is 9.10. The average Bonchev–Trinajstić information content (AvgIpc) is 2.12. The highest BCUT2D eigenvalue weighted by atomic mass is 79.9. The Labute approximate surface area is 85.4 Å². The summed E-state index contributed by atoms with van der Waals surface area (Å²) in [4.78, 5) is 8.08. The molecule has 0 spiro atoms. The molecule has 0 unspecified atom stereocenters. The molecule has 1 aromatic heterocycles. The van der Waals surface area contributed by atoms with Gasteiger partial charge in [0.05, 0.1) is 16.8 Å². The zero-order chi connectivity index (χ0) is 9.68. The second-order valence-electron chi connectivity index (χ2n) is 2.43. The minimum Gasteiger partial charge on any atom is -0.461 e. The topological polar surface area (TPSA) is 44.2 Å². The lowest BCUT2D eigenvalue weighted by molar-refractivity contribution is 0.140. The molecule has 0 saturated carbocycles. The van der Waals surface area contributed by atoms with Crippen molar-refractivity contribution in [1.29, 1.82) is 0 Å². The lowest BCUT2D eigenvalue weighted by atomic mass is 10.5. The zero-order valence-corrected chi connectivity index (χ0v) is 9.17. The Balaban J connectivity index is 2.53. The van der Waals surface area contributed by atoms with E-state index in [2.05, 4.69) is 25.9 Å². The summed E-state index contributed by atoms with van der Waals surface area (Å²) in [6.45, 7) is 2.89. The Bertz CT molecular complexity index is 281. The summed E-state index contributed by atoms with van der Waals surface area (Å²) in [6.07, 6.45) is 1.67. The molecule has 0 aliphatic rings. The third-order valence-corrected chi connectivity index (χ3v) is 2.19. The van der Waals surface area contributed by atoms with Crippen LogP contribution in [0.5, 0.6) is 6.01 Å². The van der Waals surface area contributed by atoms with Crippen LogP contribution in [0.4, 0.5) is 0 Å². The number of hydrogen-bond donors (Lipinski definition) is 0. The van der Waals surface area contributed by atoms with Crippen molar-refractivity contribution in [3.8, 4) is 6.01 Å². The van der Waals surface area contributed by atoms with E-state index in [-0.39, 0.29) is 0 Å². The molecule has 0 fully saturated rings. The van der Waals surface area contributed by atoms with Crippen LogP contribution in [0.25, 0.3) is 0 Å². The van der Waals surface area contributed by atoms with Gasteiger partial charge in [0.1, 0.15) is 6.61 Å². The molecule has 0 aliphatic carbocycles. The summed E-state index contributed by atoms with van der Waals surface area (Å²) >= 11 is 3.31. The number of hydrogen-bond acceptors (Lipinski definition) is 4. The molecule has 0 saturated heterocycles. The number of nitrogens with zero attached hydrogens (tertiary/aromatic N) is 2. The Hall–Kier alpha value is -0.680. The van der Waals surface area contributed by atoms with Crippen LogP contribution in [0.15, 0.2) is 10.7 Å². The van der Waals surface area contributed by atoms with E-state index in [4.69, 9.17) is 9.47 Å². The largest absolute Gasteiger partial charge is 0.461 e. The number of halogens is 1. The highest BCUT2D eigenvalue weighted by Gasteiger charge is 2.00. The van der Waals surface area contributed by atoms with Gasteiger partial charge in [-0.25, -0.2) is 4.98 Å². The molecule has 13 heavy (non-hydrogen) atoms. The van der Waals surface area contributed by atoms with Crippen LogP contribution >= 0.6 is 15.9 Å². The Morgan fingerprint density at radius 3 is 2.85 bits per heavy atom. The predicted molar refractivity (Wildman–Crippen MR) is 51.8 cm³/mol. The first kappa shape index (κ1) is 10.4. The van der Waals surface area contributed by atoms with Gasteiger partial charge in [-0.05, 0) is 22.9 Å². The summed E-state index contributed by atoms with van der Waals surface area (Å²) < 4.78 is 10.9. The predicted octanol–water partition coefficient (Wildman–Crippen LogP) is 1.57. The molecule has 0 bridgehead atoms. The third-order valence-electron chi connectivity index (χ3n) is 1.42. The summed E-state index contributed by atoms with van der Waals surface area (Å²) in [6, 6.07) is 0.387. The fraction of sp³-hybridized carbons (Fsp3) is 0.500. The van der Waals surface area contributed by atoms with Crippen LogP contribution in [-0.4, -0.2) is 30.3 Å². The van der Waals surface area contributed by atoms with E-state index in [1.165, 1.54) is 0 Å². The van der Waals surface area contributed by atoms with Gasteiger partial charge in [-0.3, -0.25) is 0 Å². The van der Waals surface area contributed by atoms with E-state index in [0.717, 1.165) is 10.2 Å². The van der Waals surface area contributed by atoms with Gasteiger partial charge in [0.2, 0.25) is 0 Å². The Morgan fingerprint density at radius 2 is 2.23 bits per heavy atom. The summed E-state index contributed by atoms with van der Waals surface area (Å²) in [5.41, 5.74) is 0.863. The van der Waals surface area contributed by atoms with E-state index in [1.54, 1.807) is 13.3 Å².